The summed E-state index contributed by atoms with van der Waals surface area (Å²) in [5.41, 5.74) is 5.13. The van der Waals surface area contributed by atoms with Crippen LogP contribution in [0, 0.1) is 5.41 Å². The Morgan fingerprint density at radius 3 is 3.00 bits per heavy atom. The zero-order valence-corrected chi connectivity index (χ0v) is 7.86. The van der Waals surface area contributed by atoms with Crippen LogP contribution in [0.15, 0.2) is 17.5 Å². The van der Waals surface area contributed by atoms with Crippen molar-refractivity contribution in [2.75, 3.05) is 6.54 Å². The van der Waals surface area contributed by atoms with Crippen molar-refractivity contribution in [2.24, 2.45) is 5.73 Å². The summed E-state index contributed by atoms with van der Waals surface area (Å²) in [4.78, 5) is 12.0. The van der Waals surface area contributed by atoms with Gasteiger partial charge in [0, 0.05) is 13.0 Å². The fourth-order valence-corrected chi connectivity index (χ4v) is 1.45. The number of nitrogens with one attached hydrogen (secondary N) is 2. The van der Waals surface area contributed by atoms with Gasteiger partial charge >= 0.3 is 0 Å². The summed E-state index contributed by atoms with van der Waals surface area (Å²) in [6.07, 6.45) is 0.400. The first-order chi connectivity index (χ1) is 6.20. The van der Waals surface area contributed by atoms with Crippen molar-refractivity contribution in [3.63, 3.8) is 0 Å². The van der Waals surface area contributed by atoms with Gasteiger partial charge in [-0.2, -0.15) is 0 Å². The number of amides is 1. The highest BCUT2D eigenvalue weighted by molar-refractivity contribution is 7.12. The van der Waals surface area contributed by atoms with Gasteiger partial charge in [0.1, 0.15) is 0 Å². The molecule has 0 aromatic carbocycles. The summed E-state index contributed by atoms with van der Waals surface area (Å²) in [6.45, 7) is 0.423. The molecule has 0 atom stereocenters. The quantitative estimate of drug-likeness (QED) is 0.493. The molecule has 0 fully saturated rings. The van der Waals surface area contributed by atoms with Gasteiger partial charge in [-0.15, -0.1) is 11.3 Å². The van der Waals surface area contributed by atoms with Crippen LogP contribution in [0.25, 0.3) is 0 Å². The van der Waals surface area contributed by atoms with E-state index < -0.39 is 0 Å². The van der Waals surface area contributed by atoms with E-state index in [1.54, 1.807) is 6.07 Å². The van der Waals surface area contributed by atoms with E-state index in [-0.39, 0.29) is 11.7 Å². The van der Waals surface area contributed by atoms with Crippen molar-refractivity contribution in [1.29, 1.82) is 5.41 Å². The maximum Gasteiger partial charge on any atom is 0.261 e. The highest BCUT2D eigenvalue weighted by Gasteiger charge is 2.04. The summed E-state index contributed by atoms with van der Waals surface area (Å²) < 4.78 is 0. The molecule has 1 rings (SSSR count). The van der Waals surface area contributed by atoms with Crippen LogP contribution in [-0.2, 0) is 0 Å². The first-order valence-electron chi connectivity index (χ1n) is 3.85. The van der Waals surface area contributed by atoms with Gasteiger partial charge in [0.15, 0.2) is 0 Å². The Hall–Kier alpha value is -1.36. The van der Waals surface area contributed by atoms with E-state index in [2.05, 4.69) is 5.32 Å². The maximum atomic E-state index is 11.3. The fraction of sp³-hybridized carbons (Fsp3) is 0.250. The van der Waals surface area contributed by atoms with Crippen LogP contribution in [0.4, 0.5) is 0 Å². The lowest BCUT2D eigenvalue weighted by Crippen LogP contribution is -2.26. The van der Waals surface area contributed by atoms with Gasteiger partial charge in [-0.1, -0.05) is 6.07 Å². The third-order valence-corrected chi connectivity index (χ3v) is 2.29. The highest BCUT2D eigenvalue weighted by Crippen LogP contribution is 2.07. The molecule has 1 heterocycles. The summed E-state index contributed by atoms with van der Waals surface area (Å²) in [6, 6.07) is 3.58. The smallest absolute Gasteiger partial charge is 0.261 e. The van der Waals surface area contributed by atoms with Crippen molar-refractivity contribution >= 4 is 23.1 Å². The minimum Gasteiger partial charge on any atom is -0.388 e. The standard InChI is InChI=1S/C8H11N3OS/c9-7(10)3-4-11-8(12)6-2-1-5-13-6/h1-2,5H,3-4H2,(H3,9,10)(H,11,12). The van der Waals surface area contributed by atoms with E-state index in [1.807, 2.05) is 11.4 Å². The summed E-state index contributed by atoms with van der Waals surface area (Å²) in [5.74, 6) is -0.0114. The molecule has 13 heavy (non-hydrogen) atoms. The van der Waals surface area contributed by atoms with Gasteiger partial charge in [-0.05, 0) is 11.4 Å². The zero-order valence-electron chi connectivity index (χ0n) is 7.04. The third kappa shape index (κ3) is 3.25. The largest absolute Gasteiger partial charge is 0.388 e. The van der Waals surface area contributed by atoms with Crippen molar-refractivity contribution in [3.8, 4) is 0 Å². The maximum absolute atomic E-state index is 11.3. The van der Waals surface area contributed by atoms with Crippen molar-refractivity contribution in [1.82, 2.24) is 5.32 Å². The van der Waals surface area contributed by atoms with Gasteiger partial charge in [0.25, 0.3) is 5.91 Å². The Labute approximate surface area is 80.3 Å². The molecule has 1 amide bonds. The first-order valence-corrected chi connectivity index (χ1v) is 4.72. The molecule has 70 valence electrons. The second-order valence-corrected chi connectivity index (χ2v) is 3.46. The Bertz CT molecular complexity index is 294. The minimum absolute atomic E-state index is 0.0893. The average molecular weight is 197 g/mol. The Balaban J connectivity index is 2.31. The van der Waals surface area contributed by atoms with Gasteiger partial charge in [-0.3, -0.25) is 10.2 Å². The molecule has 4 N–H and O–H groups in total. The van der Waals surface area contributed by atoms with E-state index in [4.69, 9.17) is 11.1 Å². The molecule has 0 aliphatic heterocycles. The van der Waals surface area contributed by atoms with Crippen molar-refractivity contribution in [2.45, 2.75) is 6.42 Å². The first kappa shape index (κ1) is 9.73. The number of nitrogens with two attached hydrogens (primary N) is 1. The van der Waals surface area contributed by atoms with Gasteiger partial charge in [-0.25, -0.2) is 0 Å². The fourth-order valence-electron chi connectivity index (χ4n) is 0.806. The molecule has 0 bridgehead atoms. The van der Waals surface area contributed by atoms with E-state index >= 15 is 0 Å². The molecule has 0 unspecified atom stereocenters. The van der Waals surface area contributed by atoms with Crippen molar-refractivity contribution < 1.29 is 4.79 Å². The van der Waals surface area contributed by atoms with Gasteiger partial charge in [0.05, 0.1) is 10.7 Å². The molecule has 1 aromatic heterocycles. The normalized spacial score (nSPS) is 9.54. The van der Waals surface area contributed by atoms with Crippen LogP contribution < -0.4 is 11.1 Å². The van der Waals surface area contributed by atoms with Crippen LogP contribution in [-0.4, -0.2) is 18.3 Å². The Morgan fingerprint density at radius 2 is 2.46 bits per heavy atom. The van der Waals surface area contributed by atoms with Crippen LogP contribution in [0.3, 0.4) is 0 Å². The molecule has 0 spiro atoms. The minimum atomic E-state index is -0.101. The number of amidine groups is 1. The molecule has 1 aromatic rings. The van der Waals surface area contributed by atoms with Crippen LogP contribution in [0.5, 0.6) is 0 Å². The molecule has 5 heteroatoms. The molecular formula is C8H11N3OS. The van der Waals surface area contributed by atoms with Gasteiger partial charge in [0.2, 0.25) is 0 Å². The second-order valence-electron chi connectivity index (χ2n) is 2.51. The molecular weight excluding hydrogens is 186 g/mol. The van der Waals surface area contributed by atoms with Crippen LogP contribution in [0.2, 0.25) is 0 Å². The second kappa shape index (κ2) is 4.61. The summed E-state index contributed by atoms with van der Waals surface area (Å²) >= 11 is 1.39. The van der Waals surface area contributed by atoms with Gasteiger partial charge < -0.3 is 11.1 Å². The average Bonchev–Trinajstić information content (AvgIpc) is 2.55. The zero-order chi connectivity index (χ0) is 9.68. The lowest BCUT2D eigenvalue weighted by molar-refractivity contribution is 0.0959. The summed E-state index contributed by atoms with van der Waals surface area (Å²) in [5, 5.41) is 11.5. The molecule has 4 nitrogen and oxygen atoms in total. The lowest BCUT2D eigenvalue weighted by atomic mass is 10.4. The molecule has 0 aliphatic rings. The Kier molecular flexibility index (Phi) is 3.45. The predicted octanol–water partition coefficient (Wildman–Crippen LogP) is 0.804. The monoisotopic (exact) mass is 197 g/mol. The number of hydrogen-bond acceptors (Lipinski definition) is 3. The lowest BCUT2D eigenvalue weighted by Gasteiger charge is -2.01. The molecule has 0 saturated carbocycles. The van der Waals surface area contributed by atoms with E-state index in [0.717, 1.165) is 0 Å². The molecule has 0 radical (unpaired) electrons. The topological polar surface area (TPSA) is 79.0 Å². The van der Waals surface area contributed by atoms with Crippen LogP contribution in [0.1, 0.15) is 16.1 Å². The Morgan fingerprint density at radius 1 is 1.69 bits per heavy atom. The van der Waals surface area contributed by atoms with Crippen molar-refractivity contribution in [3.05, 3.63) is 22.4 Å². The predicted molar refractivity (Wildman–Crippen MR) is 53.2 cm³/mol. The number of hydrogen-bond donors (Lipinski definition) is 3. The van der Waals surface area contributed by atoms with E-state index in [1.165, 1.54) is 11.3 Å². The molecule has 0 saturated heterocycles. The number of thiophene rings is 1. The third-order valence-electron chi connectivity index (χ3n) is 1.42. The van der Waals surface area contributed by atoms with E-state index in [0.29, 0.717) is 17.8 Å². The van der Waals surface area contributed by atoms with Crippen LogP contribution >= 0.6 is 11.3 Å². The summed E-state index contributed by atoms with van der Waals surface area (Å²) in [7, 11) is 0. The molecule has 0 aliphatic carbocycles. The van der Waals surface area contributed by atoms with E-state index in [9.17, 15) is 4.79 Å². The SMILES string of the molecule is N=C(N)CCNC(=O)c1cccs1. The highest BCUT2D eigenvalue weighted by atomic mass is 32.1. The number of rotatable bonds is 4. The number of carbonyl (C=O) groups excluding carboxylic acids is 1. The number of carbonyl (C=O) groups is 1.